The number of benzene rings is 1. The van der Waals surface area contributed by atoms with Crippen molar-refractivity contribution in [1.29, 1.82) is 0 Å². The summed E-state index contributed by atoms with van der Waals surface area (Å²) in [6, 6.07) is 3.72. The molecule has 1 aromatic carbocycles. The van der Waals surface area contributed by atoms with E-state index < -0.39 is 0 Å². The van der Waals surface area contributed by atoms with Gasteiger partial charge in [-0.3, -0.25) is 9.79 Å². The van der Waals surface area contributed by atoms with E-state index >= 15 is 0 Å². The number of aliphatic imine (C=N–C) groups is 1. The van der Waals surface area contributed by atoms with Crippen LogP contribution in [0.5, 0.6) is 11.5 Å². The molecule has 0 aliphatic carbocycles. The number of nitrogens with zero attached hydrogens (tertiary/aromatic N) is 4. The number of thiocarbonyl (C=S) groups is 1. The highest BCUT2D eigenvalue weighted by molar-refractivity contribution is 8.22. The zero-order chi connectivity index (χ0) is 23.2. The highest BCUT2D eigenvalue weighted by Crippen LogP contribution is 2.38. The molecule has 7 nitrogen and oxygen atoms in total. The van der Waals surface area contributed by atoms with Crippen molar-refractivity contribution in [1.82, 2.24) is 14.7 Å². The Kier molecular flexibility index (Phi) is 8.49. The molecule has 1 amide bonds. The Hall–Kier alpha value is -1.84. The maximum atomic E-state index is 13.0. The Morgan fingerprint density at radius 2 is 1.97 bits per heavy atom. The third-order valence-corrected chi connectivity index (χ3v) is 8.10. The van der Waals surface area contributed by atoms with Crippen molar-refractivity contribution in [3.63, 3.8) is 0 Å². The Labute approximate surface area is 206 Å². The van der Waals surface area contributed by atoms with Crippen LogP contribution in [0.3, 0.4) is 0 Å². The van der Waals surface area contributed by atoms with E-state index in [9.17, 15) is 4.79 Å². The van der Waals surface area contributed by atoms with Gasteiger partial charge in [0.05, 0.1) is 31.0 Å². The van der Waals surface area contributed by atoms with Crippen molar-refractivity contribution in [3.05, 3.63) is 17.7 Å². The van der Waals surface area contributed by atoms with Crippen LogP contribution in [-0.4, -0.2) is 96.4 Å². The summed E-state index contributed by atoms with van der Waals surface area (Å²) >= 11 is 7.39. The number of unbranched alkanes of at least 4 members (excludes halogenated alkanes) is 2. The number of amides is 1. The van der Waals surface area contributed by atoms with Gasteiger partial charge in [-0.15, -0.1) is 0 Å². The summed E-state index contributed by atoms with van der Waals surface area (Å²) < 4.78 is 12.6. The molecule has 0 bridgehead atoms. The molecule has 0 saturated carbocycles. The second-order valence-corrected chi connectivity index (χ2v) is 10.5. The number of carbonyl (C=O) groups is 1. The zero-order valence-electron chi connectivity index (χ0n) is 19.6. The molecule has 2 fully saturated rings. The van der Waals surface area contributed by atoms with E-state index in [0.717, 1.165) is 74.9 Å². The van der Waals surface area contributed by atoms with E-state index in [1.807, 2.05) is 17.2 Å². The smallest absolute Gasteiger partial charge is 0.256 e. The summed E-state index contributed by atoms with van der Waals surface area (Å²) in [5.41, 5.74) is 1.26. The van der Waals surface area contributed by atoms with Gasteiger partial charge in [-0.2, -0.15) is 0 Å². The lowest BCUT2D eigenvalue weighted by molar-refractivity contribution is 0.0774. The van der Waals surface area contributed by atoms with Gasteiger partial charge in [0.25, 0.3) is 5.91 Å². The van der Waals surface area contributed by atoms with Crippen molar-refractivity contribution in [3.8, 4) is 11.5 Å². The second kappa shape index (κ2) is 11.5. The van der Waals surface area contributed by atoms with E-state index in [-0.39, 0.29) is 11.9 Å². The first-order valence-corrected chi connectivity index (χ1v) is 13.3. The molecule has 0 radical (unpaired) electrons. The molecular weight excluding hydrogens is 456 g/mol. The first-order valence-electron chi connectivity index (χ1n) is 11.9. The van der Waals surface area contributed by atoms with Crippen LogP contribution in [0.4, 0.5) is 5.69 Å². The summed E-state index contributed by atoms with van der Waals surface area (Å²) in [5, 5.41) is 0. The number of fused-ring (bicyclic) bond motifs is 2. The van der Waals surface area contributed by atoms with Gasteiger partial charge in [0, 0.05) is 50.8 Å². The quantitative estimate of drug-likeness (QED) is 0.405. The molecule has 3 aliphatic heterocycles. The van der Waals surface area contributed by atoms with Gasteiger partial charge in [-0.1, -0.05) is 24.0 Å². The van der Waals surface area contributed by atoms with E-state index in [0.29, 0.717) is 29.4 Å². The molecule has 0 unspecified atom stereocenters. The maximum Gasteiger partial charge on any atom is 0.256 e. The third kappa shape index (κ3) is 6.00. The number of rotatable bonds is 8. The normalized spacial score (nSPS) is 20.4. The van der Waals surface area contributed by atoms with Crippen LogP contribution in [0.1, 0.15) is 42.5 Å². The average molecular weight is 491 g/mol. The molecule has 0 spiro atoms. The highest BCUT2D eigenvalue weighted by atomic mass is 32.2. The number of hydrogen-bond donors (Lipinski definition) is 0. The molecule has 0 aromatic heterocycles. The van der Waals surface area contributed by atoms with Gasteiger partial charge in [0.15, 0.2) is 11.5 Å². The van der Waals surface area contributed by atoms with Gasteiger partial charge < -0.3 is 24.2 Å². The van der Waals surface area contributed by atoms with Gasteiger partial charge in [0.1, 0.15) is 4.32 Å². The largest absolute Gasteiger partial charge is 0.493 e. The Balaban J connectivity index is 1.22. The second-order valence-electron chi connectivity index (χ2n) is 8.82. The molecule has 2 saturated heterocycles. The van der Waals surface area contributed by atoms with Crippen molar-refractivity contribution in [2.75, 3.05) is 59.2 Å². The van der Waals surface area contributed by atoms with Crippen LogP contribution in [0.25, 0.3) is 0 Å². The minimum Gasteiger partial charge on any atom is -0.493 e. The average Bonchev–Trinajstić information content (AvgIpc) is 3.26. The minimum atomic E-state index is 0.0295. The van der Waals surface area contributed by atoms with Crippen molar-refractivity contribution in [2.45, 2.75) is 38.1 Å². The number of piperazine rings is 1. The predicted molar refractivity (Wildman–Crippen MR) is 139 cm³/mol. The van der Waals surface area contributed by atoms with Gasteiger partial charge in [-0.25, -0.2) is 0 Å². The fraction of sp³-hybridized carbons (Fsp3) is 0.625. The molecule has 180 valence electrons. The van der Waals surface area contributed by atoms with Crippen LogP contribution < -0.4 is 9.47 Å². The number of hydrogen-bond acceptors (Lipinski definition) is 7. The Morgan fingerprint density at radius 3 is 2.76 bits per heavy atom. The first kappa shape index (κ1) is 24.3. The number of likely N-dealkylation sites (N-methyl/N-ethyl adjacent to an activating group) is 1. The van der Waals surface area contributed by atoms with Crippen molar-refractivity contribution >= 4 is 46.1 Å². The van der Waals surface area contributed by atoms with Crippen molar-refractivity contribution < 1.29 is 14.3 Å². The van der Waals surface area contributed by atoms with E-state index in [2.05, 4.69) is 21.8 Å². The van der Waals surface area contributed by atoms with Crippen LogP contribution in [0.2, 0.25) is 0 Å². The molecule has 9 heteroatoms. The summed E-state index contributed by atoms with van der Waals surface area (Å²) in [7, 11) is 3.77. The minimum absolute atomic E-state index is 0.0295. The van der Waals surface area contributed by atoms with E-state index in [1.54, 1.807) is 24.9 Å². The van der Waals surface area contributed by atoms with Crippen LogP contribution in [0.15, 0.2) is 17.1 Å². The molecule has 33 heavy (non-hydrogen) atoms. The molecule has 3 heterocycles. The topological polar surface area (TPSA) is 57.6 Å². The number of thioether (sulfide) groups is 1. The Morgan fingerprint density at radius 1 is 1.15 bits per heavy atom. The lowest BCUT2D eigenvalue weighted by Gasteiger charge is -2.33. The molecule has 1 atom stereocenters. The van der Waals surface area contributed by atoms with Crippen LogP contribution >= 0.6 is 24.0 Å². The summed E-state index contributed by atoms with van der Waals surface area (Å²) in [6.07, 6.45) is 7.05. The number of methoxy groups -OCH3 is 1. The molecular formula is C24H34N4O3S2. The van der Waals surface area contributed by atoms with Crippen LogP contribution in [0, 0.1) is 0 Å². The fourth-order valence-electron chi connectivity index (χ4n) is 4.42. The highest BCUT2D eigenvalue weighted by Gasteiger charge is 2.32. The van der Waals surface area contributed by atoms with Gasteiger partial charge in [-0.05, 0) is 45.2 Å². The maximum absolute atomic E-state index is 13.0. The number of carbonyl (C=O) groups excluding carboxylic acids is 1. The Bertz CT molecular complexity index is 887. The van der Waals surface area contributed by atoms with Crippen molar-refractivity contribution in [2.24, 2.45) is 4.99 Å². The number of ether oxygens (including phenoxy) is 2. The molecule has 1 aromatic rings. The first-order chi connectivity index (χ1) is 16.1. The monoisotopic (exact) mass is 490 g/mol. The zero-order valence-corrected chi connectivity index (χ0v) is 21.3. The SMILES string of the molecule is COc1cc2c(cc1OCCCCCSC(=S)N1CCN(C)CC1)N=C[C@@H]1CCCN1C2=O. The summed E-state index contributed by atoms with van der Waals surface area (Å²) in [6.45, 7) is 5.63. The summed E-state index contributed by atoms with van der Waals surface area (Å²) in [5.74, 6) is 2.31. The van der Waals surface area contributed by atoms with E-state index in [4.69, 9.17) is 21.7 Å². The van der Waals surface area contributed by atoms with Gasteiger partial charge >= 0.3 is 0 Å². The lowest BCUT2D eigenvalue weighted by Crippen LogP contribution is -2.45. The molecule has 3 aliphatic rings. The van der Waals surface area contributed by atoms with E-state index in [1.165, 1.54) is 0 Å². The summed E-state index contributed by atoms with van der Waals surface area (Å²) in [4.78, 5) is 24.1. The molecule has 0 N–H and O–H groups in total. The van der Waals surface area contributed by atoms with Crippen LogP contribution in [-0.2, 0) is 0 Å². The van der Waals surface area contributed by atoms with Gasteiger partial charge in [0.2, 0.25) is 0 Å². The molecule has 4 rings (SSSR count). The lowest BCUT2D eigenvalue weighted by atomic mass is 10.1. The fourth-order valence-corrected chi connectivity index (χ4v) is 5.74. The standard InChI is InChI=1S/C24H34N4O3S2/c1-26-9-11-27(12-10-26)24(32)33-14-5-3-4-13-31-22-16-20-19(15-21(22)30-2)23(29)28-8-6-7-18(28)17-25-20/h15-18H,3-14H2,1-2H3/t18-/m0/s1. The third-order valence-electron chi connectivity index (χ3n) is 6.49. The predicted octanol–water partition coefficient (Wildman–Crippen LogP) is 3.83.